The van der Waals surface area contributed by atoms with Crippen molar-refractivity contribution < 1.29 is 0 Å². The van der Waals surface area contributed by atoms with Gasteiger partial charge in [-0.2, -0.15) is 0 Å². The summed E-state index contributed by atoms with van der Waals surface area (Å²) in [6, 6.07) is 2.11. The van der Waals surface area contributed by atoms with Gasteiger partial charge in [0.1, 0.15) is 5.82 Å². The molecule has 0 bridgehead atoms. The van der Waals surface area contributed by atoms with Crippen molar-refractivity contribution in [3.63, 3.8) is 0 Å². The summed E-state index contributed by atoms with van der Waals surface area (Å²) in [6.45, 7) is 5.53. The van der Waals surface area contributed by atoms with Crippen LogP contribution in [0.3, 0.4) is 0 Å². The second kappa shape index (κ2) is 5.38. The minimum absolute atomic E-state index is 0.459. The van der Waals surface area contributed by atoms with E-state index in [1.54, 1.807) is 0 Å². The Morgan fingerprint density at radius 1 is 1.35 bits per heavy atom. The summed E-state index contributed by atoms with van der Waals surface area (Å²) >= 11 is 3.48. The van der Waals surface area contributed by atoms with Gasteiger partial charge in [0.15, 0.2) is 0 Å². The minimum atomic E-state index is 0.459. The Hall–Kier alpha value is -0.570. The zero-order chi connectivity index (χ0) is 12.3. The van der Waals surface area contributed by atoms with E-state index >= 15 is 0 Å². The van der Waals surface area contributed by atoms with E-state index in [0.717, 1.165) is 16.8 Å². The van der Waals surface area contributed by atoms with Crippen molar-refractivity contribution in [1.82, 2.24) is 4.98 Å². The summed E-state index contributed by atoms with van der Waals surface area (Å²) in [6.07, 6.45) is 8.73. The number of hydrogen-bond donors (Lipinski definition) is 1. The monoisotopic (exact) mass is 296 g/mol. The second-order valence-electron chi connectivity index (χ2n) is 5.54. The van der Waals surface area contributed by atoms with Crippen molar-refractivity contribution in [1.29, 1.82) is 0 Å². The number of aromatic nitrogens is 1. The van der Waals surface area contributed by atoms with Crippen LogP contribution in [0.25, 0.3) is 0 Å². The van der Waals surface area contributed by atoms with Crippen molar-refractivity contribution in [3.8, 4) is 0 Å². The number of halogens is 1. The van der Waals surface area contributed by atoms with Crippen LogP contribution >= 0.6 is 15.9 Å². The molecule has 1 aliphatic carbocycles. The maximum Gasteiger partial charge on any atom is 0.126 e. The maximum atomic E-state index is 4.40. The molecule has 2 nitrogen and oxygen atoms in total. The number of rotatable bonds is 3. The highest BCUT2D eigenvalue weighted by atomic mass is 79.9. The predicted octanol–water partition coefficient (Wildman–Crippen LogP) is 4.53. The van der Waals surface area contributed by atoms with Crippen molar-refractivity contribution in [2.45, 2.75) is 46.0 Å². The first kappa shape index (κ1) is 12.9. The number of nitrogens with zero attached hydrogens (tertiary/aromatic N) is 1. The molecule has 2 rings (SSSR count). The summed E-state index contributed by atoms with van der Waals surface area (Å²) in [4.78, 5) is 4.40. The first-order valence-electron chi connectivity index (χ1n) is 6.45. The van der Waals surface area contributed by atoms with Gasteiger partial charge in [-0.1, -0.05) is 26.2 Å². The zero-order valence-electron chi connectivity index (χ0n) is 10.7. The molecule has 94 valence electrons. The maximum absolute atomic E-state index is 4.40. The number of nitrogens with one attached hydrogen (secondary N) is 1. The third-order valence-corrected chi connectivity index (χ3v) is 4.63. The lowest BCUT2D eigenvalue weighted by atomic mass is 9.76. The number of pyridine rings is 1. The molecule has 1 fully saturated rings. The molecule has 0 aliphatic heterocycles. The van der Waals surface area contributed by atoms with Crippen molar-refractivity contribution in [3.05, 3.63) is 22.3 Å². The Morgan fingerprint density at radius 3 is 2.71 bits per heavy atom. The molecule has 1 N–H and O–H groups in total. The van der Waals surface area contributed by atoms with Crippen LogP contribution in [0.4, 0.5) is 5.82 Å². The highest BCUT2D eigenvalue weighted by Gasteiger charge is 2.26. The molecule has 0 radical (unpaired) electrons. The molecule has 1 aromatic rings. The zero-order valence-corrected chi connectivity index (χ0v) is 12.3. The first-order chi connectivity index (χ1) is 8.09. The Morgan fingerprint density at radius 2 is 2.06 bits per heavy atom. The quantitative estimate of drug-likeness (QED) is 0.886. The Balaban J connectivity index is 1.94. The molecule has 0 spiro atoms. The molecule has 0 unspecified atom stereocenters. The molecule has 1 aliphatic rings. The lowest BCUT2D eigenvalue weighted by Gasteiger charge is -2.33. The molecule has 1 heterocycles. The van der Waals surface area contributed by atoms with Gasteiger partial charge in [-0.05, 0) is 52.7 Å². The lowest BCUT2D eigenvalue weighted by molar-refractivity contribution is 0.233. The average Bonchev–Trinajstić information content (AvgIpc) is 2.32. The van der Waals surface area contributed by atoms with Gasteiger partial charge >= 0.3 is 0 Å². The van der Waals surface area contributed by atoms with Crippen LogP contribution in [0.1, 0.15) is 44.6 Å². The summed E-state index contributed by atoms with van der Waals surface area (Å²) in [5.41, 5.74) is 1.69. The van der Waals surface area contributed by atoms with Gasteiger partial charge in [-0.25, -0.2) is 4.98 Å². The molecular weight excluding hydrogens is 276 g/mol. The summed E-state index contributed by atoms with van der Waals surface area (Å²) in [7, 11) is 0. The van der Waals surface area contributed by atoms with Crippen LogP contribution in [0.15, 0.2) is 16.7 Å². The Bertz CT molecular complexity index is 384. The van der Waals surface area contributed by atoms with Gasteiger partial charge in [0.25, 0.3) is 0 Å². The number of hydrogen-bond acceptors (Lipinski definition) is 2. The van der Waals surface area contributed by atoms with E-state index in [1.807, 2.05) is 6.20 Å². The van der Waals surface area contributed by atoms with Crippen molar-refractivity contribution >= 4 is 21.7 Å². The Labute approximate surface area is 112 Å². The largest absolute Gasteiger partial charge is 0.370 e. The van der Waals surface area contributed by atoms with E-state index < -0.39 is 0 Å². The second-order valence-corrected chi connectivity index (χ2v) is 6.40. The third kappa shape index (κ3) is 3.44. The summed E-state index contributed by atoms with van der Waals surface area (Å²) in [5, 5.41) is 3.49. The molecule has 0 atom stereocenters. The summed E-state index contributed by atoms with van der Waals surface area (Å²) < 4.78 is 1.08. The highest BCUT2D eigenvalue weighted by Crippen LogP contribution is 2.35. The van der Waals surface area contributed by atoms with E-state index in [0.29, 0.717) is 5.41 Å². The van der Waals surface area contributed by atoms with E-state index in [-0.39, 0.29) is 0 Å². The fourth-order valence-corrected chi connectivity index (χ4v) is 2.74. The fourth-order valence-electron chi connectivity index (χ4n) is 2.52. The molecular formula is C14H21BrN2. The van der Waals surface area contributed by atoms with Crippen molar-refractivity contribution in [2.24, 2.45) is 5.41 Å². The number of anilines is 1. The minimum Gasteiger partial charge on any atom is -0.370 e. The van der Waals surface area contributed by atoms with Gasteiger partial charge in [0.2, 0.25) is 0 Å². The van der Waals surface area contributed by atoms with Gasteiger partial charge in [0, 0.05) is 17.2 Å². The van der Waals surface area contributed by atoms with Gasteiger partial charge in [-0.15, -0.1) is 0 Å². The summed E-state index contributed by atoms with van der Waals surface area (Å²) in [5.74, 6) is 0.998. The SMILES string of the molecule is Cc1cc(NCC2(C)CCCCC2)ncc1Br. The molecule has 17 heavy (non-hydrogen) atoms. The standard InChI is InChI=1S/C14H21BrN2/c1-11-8-13(16-9-12(11)15)17-10-14(2)6-4-3-5-7-14/h8-9H,3-7,10H2,1-2H3,(H,16,17). The normalized spacial score (nSPS) is 19.0. The average molecular weight is 297 g/mol. The third-order valence-electron chi connectivity index (χ3n) is 3.80. The van der Waals surface area contributed by atoms with E-state index in [9.17, 15) is 0 Å². The van der Waals surface area contributed by atoms with Crippen LogP contribution in [0, 0.1) is 12.3 Å². The smallest absolute Gasteiger partial charge is 0.126 e. The fraction of sp³-hybridized carbons (Fsp3) is 0.643. The molecule has 0 amide bonds. The lowest BCUT2D eigenvalue weighted by Crippen LogP contribution is -2.29. The van der Waals surface area contributed by atoms with Crippen molar-refractivity contribution in [2.75, 3.05) is 11.9 Å². The predicted molar refractivity (Wildman–Crippen MR) is 76.4 cm³/mol. The first-order valence-corrected chi connectivity index (χ1v) is 7.24. The topological polar surface area (TPSA) is 24.9 Å². The molecule has 0 saturated heterocycles. The van der Waals surface area contributed by atoms with Gasteiger partial charge in [-0.3, -0.25) is 0 Å². The molecule has 3 heteroatoms. The van der Waals surface area contributed by atoms with E-state index in [2.05, 4.69) is 46.1 Å². The molecule has 1 saturated carbocycles. The van der Waals surface area contributed by atoms with Crippen LogP contribution in [-0.4, -0.2) is 11.5 Å². The highest BCUT2D eigenvalue weighted by molar-refractivity contribution is 9.10. The van der Waals surface area contributed by atoms with Crippen LogP contribution in [-0.2, 0) is 0 Å². The van der Waals surface area contributed by atoms with Crippen LogP contribution < -0.4 is 5.32 Å². The van der Waals surface area contributed by atoms with Crippen LogP contribution in [0.5, 0.6) is 0 Å². The number of aryl methyl sites for hydroxylation is 1. The van der Waals surface area contributed by atoms with E-state index in [4.69, 9.17) is 0 Å². The Kier molecular flexibility index (Phi) is 4.08. The van der Waals surface area contributed by atoms with E-state index in [1.165, 1.54) is 37.7 Å². The van der Waals surface area contributed by atoms with Gasteiger partial charge < -0.3 is 5.32 Å². The molecule has 0 aromatic carbocycles. The molecule has 1 aromatic heterocycles. The van der Waals surface area contributed by atoms with Crippen LogP contribution in [0.2, 0.25) is 0 Å². The van der Waals surface area contributed by atoms with Gasteiger partial charge in [0.05, 0.1) is 0 Å².